The van der Waals surface area contributed by atoms with Gasteiger partial charge in [0.1, 0.15) is 6.04 Å². The normalized spacial score (nSPS) is 43.0. The molecule has 0 spiro atoms. The second-order valence-corrected chi connectivity index (χ2v) is 8.00. The molecule has 4 saturated carbocycles. The average Bonchev–Trinajstić information content (AvgIpc) is 2.35. The van der Waals surface area contributed by atoms with Gasteiger partial charge < -0.3 is 5.32 Å². The Kier molecular flexibility index (Phi) is 3.31. The van der Waals surface area contributed by atoms with Gasteiger partial charge in [-0.1, -0.05) is 20.3 Å². The third-order valence-electron chi connectivity index (χ3n) is 5.87. The maximum Gasteiger partial charge on any atom is 0.227 e. The summed E-state index contributed by atoms with van der Waals surface area (Å²) in [7, 11) is 0. The Hall–Kier alpha value is -1.04. The van der Waals surface area contributed by atoms with Gasteiger partial charge in [0, 0.05) is 0 Å². The number of nitrogens with zero attached hydrogens (tertiary/aromatic N) is 1. The molecule has 4 aliphatic carbocycles. The van der Waals surface area contributed by atoms with Crippen molar-refractivity contribution in [2.75, 3.05) is 0 Å². The molecule has 4 fully saturated rings. The summed E-state index contributed by atoms with van der Waals surface area (Å²) in [5, 5.41) is 12.2. The smallest absolute Gasteiger partial charge is 0.227 e. The zero-order valence-electron chi connectivity index (χ0n) is 12.7. The molecular formula is C17H26N2O. The van der Waals surface area contributed by atoms with Crippen LogP contribution < -0.4 is 5.32 Å². The maximum atomic E-state index is 12.8. The number of hydrogen-bond acceptors (Lipinski definition) is 2. The molecule has 3 heteroatoms. The molecule has 0 saturated heterocycles. The van der Waals surface area contributed by atoms with Crippen LogP contribution in [0.25, 0.3) is 0 Å². The van der Waals surface area contributed by atoms with Crippen molar-refractivity contribution < 1.29 is 4.79 Å². The van der Waals surface area contributed by atoms with Crippen molar-refractivity contribution in [3.05, 3.63) is 0 Å². The number of rotatable bonds is 4. The molecule has 4 rings (SSSR count). The molecule has 0 aliphatic heterocycles. The van der Waals surface area contributed by atoms with Gasteiger partial charge in [0.25, 0.3) is 0 Å². The maximum absolute atomic E-state index is 12.8. The highest BCUT2D eigenvalue weighted by Gasteiger charge is 2.58. The van der Waals surface area contributed by atoms with Crippen molar-refractivity contribution in [2.24, 2.45) is 22.7 Å². The van der Waals surface area contributed by atoms with E-state index in [1.807, 2.05) is 0 Å². The lowest BCUT2D eigenvalue weighted by Gasteiger charge is -2.60. The summed E-state index contributed by atoms with van der Waals surface area (Å²) >= 11 is 0. The van der Waals surface area contributed by atoms with Gasteiger partial charge in [-0.05, 0) is 62.2 Å². The Balaban J connectivity index is 1.76. The number of nitrogens with one attached hydrogen (secondary N) is 1. The fraction of sp³-hybridized carbons (Fsp3) is 0.882. The highest BCUT2D eigenvalue weighted by Crippen LogP contribution is 2.65. The lowest BCUT2D eigenvalue weighted by atomic mass is 9.44. The zero-order chi connectivity index (χ0) is 14.4. The highest BCUT2D eigenvalue weighted by molar-refractivity contribution is 5.83. The van der Waals surface area contributed by atoms with Crippen molar-refractivity contribution in [3.8, 4) is 6.07 Å². The molecule has 4 bridgehead atoms. The Labute approximate surface area is 122 Å². The van der Waals surface area contributed by atoms with Gasteiger partial charge in [0.2, 0.25) is 5.91 Å². The van der Waals surface area contributed by atoms with Crippen molar-refractivity contribution in [2.45, 2.75) is 71.3 Å². The van der Waals surface area contributed by atoms with Crippen LogP contribution in [0.2, 0.25) is 0 Å². The Morgan fingerprint density at radius 2 is 2.00 bits per heavy atom. The summed E-state index contributed by atoms with van der Waals surface area (Å²) in [6.07, 6.45) is 8.84. The van der Waals surface area contributed by atoms with Gasteiger partial charge in [-0.15, -0.1) is 0 Å². The molecule has 0 aromatic rings. The minimum absolute atomic E-state index is 0.151. The van der Waals surface area contributed by atoms with E-state index >= 15 is 0 Å². The molecule has 110 valence electrons. The van der Waals surface area contributed by atoms with Gasteiger partial charge in [-0.25, -0.2) is 0 Å². The Bertz CT molecular complexity index is 436. The van der Waals surface area contributed by atoms with E-state index in [-0.39, 0.29) is 17.4 Å². The van der Waals surface area contributed by atoms with Crippen LogP contribution in [0.3, 0.4) is 0 Å². The van der Waals surface area contributed by atoms with E-state index in [0.29, 0.717) is 5.41 Å². The van der Waals surface area contributed by atoms with Gasteiger partial charge in [0.15, 0.2) is 0 Å². The summed E-state index contributed by atoms with van der Waals surface area (Å²) in [4.78, 5) is 12.8. The van der Waals surface area contributed by atoms with Crippen molar-refractivity contribution in [3.63, 3.8) is 0 Å². The molecule has 0 aromatic carbocycles. The van der Waals surface area contributed by atoms with E-state index < -0.39 is 0 Å². The largest absolute Gasteiger partial charge is 0.340 e. The minimum Gasteiger partial charge on any atom is -0.340 e. The van der Waals surface area contributed by atoms with Crippen LogP contribution in [-0.4, -0.2) is 11.9 Å². The monoisotopic (exact) mass is 274 g/mol. The van der Waals surface area contributed by atoms with Crippen LogP contribution in [0.4, 0.5) is 0 Å². The molecule has 4 aliphatic rings. The number of nitriles is 1. The number of amides is 1. The first-order chi connectivity index (χ1) is 9.48. The molecule has 0 radical (unpaired) electrons. The summed E-state index contributed by atoms with van der Waals surface area (Å²) < 4.78 is 0. The second kappa shape index (κ2) is 4.76. The second-order valence-electron chi connectivity index (χ2n) is 8.00. The molecule has 1 amide bonds. The first kappa shape index (κ1) is 13.9. The minimum atomic E-state index is -0.298. The zero-order valence-corrected chi connectivity index (χ0v) is 12.7. The summed E-state index contributed by atoms with van der Waals surface area (Å²) in [6.45, 7) is 4.43. The number of carbonyl (C=O) groups is 1. The molecule has 3 nitrogen and oxygen atoms in total. The average molecular weight is 274 g/mol. The first-order valence-corrected chi connectivity index (χ1v) is 8.19. The topological polar surface area (TPSA) is 52.9 Å². The molecule has 20 heavy (non-hydrogen) atoms. The summed E-state index contributed by atoms with van der Waals surface area (Å²) in [6, 6.07) is 1.95. The quantitative estimate of drug-likeness (QED) is 0.854. The van der Waals surface area contributed by atoms with Crippen molar-refractivity contribution in [1.82, 2.24) is 5.32 Å². The lowest BCUT2D eigenvalue weighted by molar-refractivity contribution is -0.155. The van der Waals surface area contributed by atoms with Crippen LogP contribution >= 0.6 is 0 Å². The Morgan fingerprint density at radius 1 is 1.35 bits per heavy atom. The van der Waals surface area contributed by atoms with Crippen molar-refractivity contribution >= 4 is 5.91 Å². The molecule has 0 aromatic heterocycles. The van der Waals surface area contributed by atoms with Crippen LogP contribution in [-0.2, 0) is 4.79 Å². The van der Waals surface area contributed by atoms with Crippen LogP contribution in [0, 0.1) is 34.0 Å². The molecule has 1 N–H and O–H groups in total. The Morgan fingerprint density at radius 3 is 2.50 bits per heavy atom. The fourth-order valence-corrected chi connectivity index (χ4v) is 5.76. The third-order valence-corrected chi connectivity index (χ3v) is 5.87. The molecular weight excluding hydrogens is 248 g/mol. The van der Waals surface area contributed by atoms with E-state index in [1.165, 1.54) is 19.3 Å². The van der Waals surface area contributed by atoms with Gasteiger partial charge >= 0.3 is 0 Å². The van der Waals surface area contributed by atoms with E-state index in [4.69, 9.17) is 0 Å². The number of carbonyl (C=O) groups excluding carboxylic acids is 1. The summed E-state index contributed by atoms with van der Waals surface area (Å²) in [5.74, 6) is 1.68. The third kappa shape index (κ3) is 2.24. The van der Waals surface area contributed by atoms with Crippen LogP contribution in [0.5, 0.6) is 0 Å². The van der Waals surface area contributed by atoms with E-state index in [9.17, 15) is 10.1 Å². The SMILES string of the molecule is CCCC(C#N)NC(=O)C12CC3CC(CC(C)(C3)C1)C2. The molecule has 3 atom stereocenters. The van der Waals surface area contributed by atoms with E-state index in [2.05, 4.69) is 25.2 Å². The van der Waals surface area contributed by atoms with Gasteiger partial charge in [0.05, 0.1) is 11.5 Å². The van der Waals surface area contributed by atoms with Gasteiger partial charge in [-0.3, -0.25) is 4.79 Å². The lowest BCUT2D eigenvalue weighted by Crippen LogP contribution is -2.57. The fourth-order valence-electron chi connectivity index (χ4n) is 5.76. The van der Waals surface area contributed by atoms with E-state index in [1.54, 1.807) is 0 Å². The predicted octanol–water partition coefficient (Wildman–Crippen LogP) is 3.40. The predicted molar refractivity (Wildman–Crippen MR) is 77.7 cm³/mol. The van der Waals surface area contributed by atoms with Crippen LogP contribution in [0.15, 0.2) is 0 Å². The highest BCUT2D eigenvalue weighted by atomic mass is 16.2. The standard InChI is InChI=1S/C17H26N2O/c1-3-4-14(10-18)19-15(20)17-8-12-5-13(9-17)7-16(2,6-12)11-17/h12-14H,3-9,11H2,1-2H3,(H,19,20). The van der Waals surface area contributed by atoms with E-state index in [0.717, 1.165) is 43.9 Å². The molecule has 0 heterocycles. The first-order valence-electron chi connectivity index (χ1n) is 8.19. The number of hydrogen-bond donors (Lipinski definition) is 1. The molecule has 3 unspecified atom stereocenters. The van der Waals surface area contributed by atoms with Gasteiger partial charge in [-0.2, -0.15) is 5.26 Å². The van der Waals surface area contributed by atoms with Crippen LogP contribution in [0.1, 0.15) is 65.2 Å². The summed E-state index contributed by atoms with van der Waals surface area (Å²) in [5.41, 5.74) is 0.232. The van der Waals surface area contributed by atoms with Crippen molar-refractivity contribution in [1.29, 1.82) is 5.26 Å².